The van der Waals surface area contributed by atoms with E-state index in [1.54, 1.807) is 0 Å². The van der Waals surface area contributed by atoms with Crippen LogP contribution in [-0.4, -0.2) is 48.2 Å². The van der Waals surface area contributed by atoms with Gasteiger partial charge in [0.05, 0.1) is 11.5 Å². The zero-order valence-electron chi connectivity index (χ0n) is 9.91. The average molecular weight is 267 g/mol. The highest BCUT2D eigenvalue weighted by molar-refractivity contribution is 7.92. The summed E-state index contributed by atoms with van der Waals surface area (Å²) in [5.41, 5.74) is 2.53. The molecule has 2 heterocycles. The van der Waals surface area contributed by atoms with Crippen LogP contribution in [0.2, 0.25) is 0 Å². The smallest absolute Gasteiger partial charge is 0.153 e. The number of rotatable bonds is 3. The molecule has 1 aromatic carbocycles. The Hall–Kier alpha value is -1.47. The molecule has 0 aliphatic carbocycles. The van der Waals surface area contributed by atoms with Crippen molar-refractivity contribution in [3.8, 4) is 0 Å². The molecule has 0 atom stereocenters. The molecule has 1 aromatic heterocycles. The van der Waals surface area contributed by atoms with Crippen LogP contribution in [-0.2, 0) is 16.4 Å². The van der Waals surface area contributed by atoms with Crippen molar-refractivity contribution in [2.75, 3.05) is 18.6 Å². The van der Waals surface area contributed by atoms with Crippen LogP contribution in [0.15, 0.2) is 22.8 Å². The van der Waals surface area contributed by atoms with E-state index in [1.165, 1.54) is 0 Å². The van der Waals surface area contributed by atoms with E-state index >= 15 is 0 Å². The minimum absolute atomic E-state index is 0.126. The van der Waals surface area contributed by atoms with Crippen LogP contribution in [0.4, 0.5) is 0 Å². The van der Waals surface area contributed by atoms with Crippen LogP contribution in [0.3, 0.4) is 0 Å². The summed E-state index contributed by atoms with van der Waals surface area (Å²) in [5, 5.41) is 7.53. The summed E-state index contributed by atoms with van der Waals surface area (Å²) < 4.78 is 26.9. The van der Waals surface area contributed by atoms with Gasteiger partial charge in [-0.2, -0.15) is 0 Å². The van der Waals surface area contributed by atoms with E-state index in [0.29, 0.717) is 6.54 Å². The van der Waals surface area contributed by atoms with Crippen molar-refractivity contribution >= 4 is 20.9 Å². The molecule has 0 unspecified atom stereocenters. The molecule has 0 bridgehead atoms. The van der Waals surface area contributed by atoms with Crippen LogP contribution in [0.25, 0.3) is 11.0 Å². The fraction of sp³-hybridized carbons (Fsp3) is 0.455. The molecule has 0 N–H and O–H groups in total. The van der Waals surface area contributed by atoms with E-state index in [-0.39, 0.29) is 17.5 Å². The molecule has 7 heteroatoms. The third-order valence-electron chi connectivity index (χ3n) is 3.27. The van der Waals surface area contributed by atoms with Crippen molar-refractivity contribution in [2.24, 2.45) is 0 Å². The fourth-order valence-corrected chi connectivity index (χ4v) is 3.72. The summed E-state index contributed by atoms with van der Waals surface area (Å²) in [5.74, 6) is 0.522. The normalized spacial score (nSPS) is 19.2. The average Bonchev–Trinajstić information content (AvgIpc) is 2.72. The summed E-state index contributed by atoms with van der Waals surface area (Å²) in [6.07, 6.45) is 0. The highest BCUT2D eigenvalue weighted by Gasteiger charge is 2.35. The molecule has 1 aliphatic rings. The lowest BCUT2D eigenvalue weighted by Gasteiger charge is -2.34. The third-order valence-corrected chi connectivity index (χ3v) is 5.05. The van der Waals surface area contributed by atoms with Crippen LogP contribution < -0.4 is 0 Å². The maximum atomic E-state index is 11.1. The standard InChI is InChI=1S/C11H13N3O3S/c1-14(9-6-18(15,16)7-9)5-8-2-3-10-11(4-8)13-17-12-10/h2-4,9H,5-7H2,1H3. The highest BCUT2D eigenvalue weighted by Crippen LogP contribution is 2.19. The van der Waals surface area contributed by atoms with Crippen LogP contribution in [0.1, 0.15) is 5.56 Å². The first-order valence-corrected chi connectivity index (χ1v) is 7.47. The number of hydrogen-bond donors (Lipinski definition) is 0. The minimum Gasteiger partial charge on any atom is -0.297 e. The topological polar surface area (TPSA) is 76.3 Å². The first-order valence-electron chi connectivity index (χ1n) is 5.65. The van der Waals surface area contributed by atoms with Crippen molar-refractivity contribution in [3.63, 3.8) is 0 Å². The molecular formula is C11H13N3O3S. The first-order chi connectivity index (χ1) is 8.53. The van der Waals surface area contributed by atoms with Crippen molar-refractivity contribution in [3.05, 3.63) is 23.8 Å². The zero-order chi connectivity index (χ0) is 12.8. The molecule has 1 aliphatic heterocycles. The Labute approximate surface area is 104 Å². The Morgan fingerprint density at radius 1 is 1.33 bits per heavy atom. The van der Waals surface area contributed by atoms with Gasteiger partial charge < -0.3 is 0 Å². The van der Waals surface area contributed by atoms with E-state index in [0.717, 1.165) is 16.6 Å². The van der Waals surface area contributed by atoms with Crippen molar-refractivity contribution in [1.82, 2.24) is 15.2 Å². The molecule has 96 valence electrons. The molecule has 0 spiro atoms. The Morgan fingerprint density at radius 2 is 2.06 bits per heavy atom. The predicted molar refractivity (Wildman–Crippen MR) is 65.7 cm³/mol. The number of hydrogen-bond acceptors (Lipinski definition) is 6. The quantitative estimate of drug-likeness (QED) is 0.803. The molecule has 3 rings (SSSR count). The number of nitrogens with zero attached hydrogens (tertiary/aromatic N) is 3. The molecule has 6 nitrogen and oxygen atoms in total. The van der Waals surface area contributed by atoms with Gasteiger partial charge in [0.25, 0.3) is 0 Å². The molecule has 1 fully saturated rings. The van der Waals surface area contributed by atoms with Crippen molar-refractivity contribution in [2.45, 2.75) is 12.6 Å². The fourth-order valence-electron chi connectivity index (χ4n) is 2.14. The summed E-state index contributed by atoms with van der Waals surface area (Å²) >= 11 is 0. The number of benzene rings is 1. The lowest BCUT2D eigenvalue weighted by molar-refractivity contribution is 0.254. The largest absolute Gasteiger partial charge is 0.297 e. The molecule has 0 saturated carbocycles. The Bertz CT molecular complexity index is 668. The van der Waals surface area contributed by atoms with E-state index < -0.39 is 9.84 Å². The predicted octanol–water partition coefficient (Wildman–Crippen LogP) is 0.452. The number of fused-ring (bicyclic) bond motifs is 1. The van der Waals surface area contributed by atoms with Gasteiger partial charge in [0, 0.05) is 12.6 Å². The molecule has 1 saturated heterocycles. The van der Waals surface area contributed by atoms with Gasteiger partial charge in [0.1, 0.15) is 11.0 Å². The highest BCUT2D eigenvalue weighted by atomic mass is 32.2. The van der Waals surface area contributed by atoms with Gasteiger partial charge in [-0.15, -0.1) is 0 Å². The first kappa shape index (κ1) is 11.6. The third kappa shape index (κ3) is 2.11. The van der Waals surface area contributed by atoms with Gasteiger partial charge in [-0.3, -0.25) is 4.90 Å². The van der Waals surface area contributed by atoms with Crippen molar-refractivity contribution < 1.29 is 13.0 Å². The van der Waals surface area contributed by atoms with Gasteiger partial charge >= 0.3 is 0 Å². The monoisotopic (exact) mass is 267 g/mol. The summed E-state index contributed by atoms with van der Waals surface area (Å²) in [6.45, 7) is 0.697. The Balaban J connectivity index is 1.72. The Morgan fingerprint density at radius 3 is 2.78 bits per heavy atom. The second-order valence-electron chi connectivity index (χ2n) is 4.73. The van der Waals surface area contributed by atoms with Crippen LogP contribution in [0, 0.1) is 0 Å². The van der Waals surface area contributed by atoms with E-state index in [4.69, 9.17) is 0 Å². The Kier molecular flexibility index (Phi) is 2.60. The molecule has 18 heavy (non-hydrogen) atoms. The van der Waals surface area contributed by atoms with Gasteiger partial charge in [-0.25, -0.2) is 13.0 Å². The van der Waals surface area contributed by atoms with Gasteiger partial charge in [-0.1, -0.05) is 6.07 Å². The summed E-state index contributed by atoms with van der Waals surface area (Å²) in [7, 11) is -0.838. The summed E-state index contributed by atoms with van der Waals surface area (Å²) in [6, 6.07) is 5.85. The lowest BCUT2D eigenvalue weighted by Crippen LogP contribution is -2.51. The lowest BCUT2D eigenvalue weighted by atomic mass is 10.1. The van der Waals surface area contributed by atoms with E-state index in [1.807, 2.05) is 25.2 Å². The molecule has 0 radical (unpaired) electrons. The van der Waals surface area contributed by atoms with Crippen molar-refractivity contribution in [1.29, 1.82) is 0 Å². The zero-order valence-corrected chi connectivity index (χ0v) is 10.7. The SMILES string of the molecule is CN(Cc1ccc2nonc2c1)C1CS(=O)(=O)C1. The maximum Gasteiger partial charge on any atom is 0.153 e. The second-order valence-corrected chi connectivity index (χ2v) is 6.89. The van der Waals surface area contributed by atoms with Crippen LogP contribution in [0.5, 0.6) is 0 Å². The second kappa shape index (κ2) is 4.03. The molecule has 0 amide bonds. The van der Waals surface area contributed by atoms with Gasteiger partial charge in [0.2, 0.25) is 0 Å². The van der Waals surface area contributed by atoms with Gasteiger partial charge in [-0.05, 0) is 35.1 Å². The van der Waals surface area contributed by atoms with Crippen LogP contribution >= 0.6 is 0 Å². The van der Waals surface area contributed by atoms with Gasteiger partial charge in [0.15, 0.2) is 9.84 Å². The minimum atomic E-state index is -2.77. The van der Waals surface area contributed by atoms with E-state index in [2.05, 4.69) is 19.8 Å². The maximum absolute atomic E-state index is 11.1. The molecule has 2 aromatic rings. The number of aromatic nitrogens is 2. The molecular weight excluding hydrogens is 254 g/mol. The number of sulfone groups is 1. The van der Waals surface area contributed by atoms with E-state index in [9.17, 15) is 8.42 Å². The summed E-state index contributed by atoms with van der Waals surface area (Å²) in [4.78, 5) is 2.05.